The molecule has 2 rings (SSSR count). The van der Waals surface area contributed by atoms with Crippen molar-refractivity contribution in [3.8, 4) is 0 Å². The van der Waals surface area contributed by atoms with Gasteiger partial charge in [-0.1, -0.05) is 25.1 Å². The molecule has 1 aromatic rings. The molecule has 1 aliphatic rings. The molecule has 100 valence electrons. The first-order chi connectivity index (χ1) is 8.61. The third-order valence-electron chi connectivity index (χ3n) is 2.73. The number of ether oxygens (including phenoxy) is 1. The van der Waals surface area contributed by atoms with Crippen LogP contribution in [0.25, 0.3) is 0 Å². The number of rotatable bonds is 3. The van der Waals surface area contributed by atoms with Gasteiger partial charge in [-0.2, -0.15) is 0 Å². The molecule has 1 saturated heterocycles. The van der Waals surface area contributed by atoms with Gasteiger partial charge in [-0.05, 0) is 24.5 Å². The van der Waals surface area contributed by atoms with Gasteiger partial charge in [-0.25, -0.2) is 0 Å². The molecule has 1 aromatic carbocycles. The summed E-state index contributed by atoms with van der Waals surface area (Å²) in [6.07, 6.45) is 0.914. The smallest absolute Gasteiger partial charge is 0.241 e. The predicted molar refractivity (Wildman–Crippen MR) is 75.5 cm³/mol. The van der Waals surface area contributed by atoms with E-state index < -0.39 is 0 Å². The quantitative estimate of drug-likeness (QED) is 0.624. The summed E-state index contributed by atoms with van der Waals surface area (Å²) in [6.45, 7) is 6.09. The molecule has 0 bridgehead atoms. The highest BCUT2D eigenvalue weighted by atomic mass is 35.5. The molecule has 0 aliphatic carbocycles. The van der Waals surface area contributed by atoms with Crippen LogP contribution in [0.4, 0.5) is 5.69 Å². The molecule has 1 fully saturated rings. The van der Waals surface area contributed by atoms with E-state index in [0.717, 1.165) is 30.9 Å². The van der Waals surface area contributed by atoms with Crippen LogP contribution in [-0.4, -0.2) is 32.0 Å². The van der Waals surface area contributed by atoms with E-state index in [1.165, 1.54) is 5.56 Å². The molecule has 3 nitrogen and oxygen atoms in total. The van der Waals surface area contributed by atoms with Crippen LogP contribution in [0.2, 0.25) is 0 Å². The first kappa shape index (κ1) is 15.0. The lowest BCUT2D eigenvalue weighted by Gasteiger charge is -2.21. The summed E-state index contributed by atoms with van der Waals surface area (Å²) in [5.74, 6) is -0.0470. The topological polar surface area (TPSA) is 32.8 Å². The van der Waals surface area contributed by atoms with E-state index in [1.54, 1.807) is 11.9 Å². The molecule has 0 aromatic heterocycles. The van der Waals surface area contributed by atoms with Gasteiger partial charge < -0.3 is 9.64 Å². The van der Waals surface area contributed by atoms with Crippen LogP contribution >= 0.6 is 11.6 Å². The average Bonchev–Trinajstić information content (AvgIpc) is 3.24. The van der Waals surface area contributed by atoms with Crippen LogP contribution in [-0.2, 0) is 16.0 Å². The molecule has 0 N–H and O–H groups in total. The van der Waals surface area contributed by atoms with Crippen molar-refractivity contribution in [1.82, 2.24) is 0 Å². The normalized spacial score (nSPS) is 12.4. The minimum absolute atomic E-state index is 0.0218. The number of epoxide rings is 1. The fourth-order valence-corrected chi connectivity index (χ4v) is 1.88. The Bertz CT molecular complexity index is 402. The van der Waals surface area contributed by atoms with Crippen molar-refractivity contribution in [2.75, 3.05) is 31.0 Å². The number of para-hydroxylation sites is 1. The number of hydrogen-bond acceptors (Lipinski definition) is 2. The lowest BCUT2D eigenvalue weighted by Crippen LogP contribution is -2.28. The number of hydrogen-bond donors (Lipinski definition) is 0. The number of benzene rings is 1. The minimum Gasteiger partial charge on any atom is -0.377 e. The molecule has 0 unspecified atom stereocenters. The standard InChI is InChI=1S/C12H16ClNO.C2H4O/c1-4-10-7-5-6-9(2)12(10)14(3)11(15)8-13;1-2-3-1/h5-7H,4,8H2,1-3H3;1-2H2. The number of carbonyl (C=O) groups is 1. The Hall–Kier alpha value is -1.06. The fourth-order valence-electron chi connectivity index (χ4n) is 1.70. The van der Waals surface area contributed by atoms with Crippen LogP contribution < -0.4 is 4.90 Å². The zero-order valence-corrected chi connectivity index (χ0v) is 12.0. The van der Waals surface area contributed by atoms with Crippen LogP contribution in [0, 0.1) is 6.92 Å². The summed E-state index contributed by atoms with van der Waals surface area (Å²) in [6, 6.07) is 6.06. The molecular formula is C14H20ClNO2. The number of anilines is 1. The van der Waals surface area contributed by atoms with Crippen LogP contribution in [0.5, 0.6) is 0 Å². The Balaban J connectivity index is 0.000000468. The number of alkyl halides is 1. The Morgan fingerprint density at radius 3 is 2.50 bits per heavy atom. The van der Waals surface area contributed by atoms with E-state index >= 15 is 0 Å². The number of halogens is 1. The Morgan fingerprint density at radius 2 is 2.06 bits per heavy atom. The van der Waals surface area contributed by atoms with Crippen molar-refractivity contribution in [1.29, 1.82) is 0 Å². The van der Waals surface area contributed by atoms with Crippen LogP contribution in [0.3, 0.4) is 0 Å². The number of nitrogens with zero attached hydrogens (tertiary/aromatic N) is 1. The highest BCUT2D eigenvalue weighted by Gasteiger charge is 2.14. The average molecular weight is 270 g/mol. The maximum absolute atomic E-state index is 11.5. The van der Waals surface area contributed by atoms with Gasteiger partial charge in [0.2, 0.25) is 5.91 Å². The van der Waals surface area contributed by atoms with E-state index in [0.29, 0.717) is 0 Å². The lowest BCUT2D eigenvalue weighted by atomic mass is 10.0. The second-order valence-electron chi connectivity index (χ2n) is 4.13. The second kappa shape index (κ2) is 7.39. The molecular weight excluding hydrogens is 250 g/mol. The van der Waals surface area contributed by atoms with Gasteiger partial charge in [0.25, 0.3) is 0 Å². The molecule has 0 radical (unpaired) electrons. The van der Waals surface area contributed by atoms with Crippen molar-refractivity contribution in [2.24, 2.45) is 0 Å². The summed E-state index contributed by atoms with van der Waals surface area (Å²) in [5, 5.41) is 0. The van der Waals surface area contributed by atoms with Crippen LogP contribution in [0.15, 0.2) is 18.2 Å². The minimum atomic E-state index is -0.0688. The monoisotopic (exact) mass is 269 g/mol. The number of carbonyl (C=O) groups excluding carboxylic acids is 1. The summed E-state index contributed by atoms with van der Waals surface area (Å²) >= 11 is 5.55. The van der Waals surface area contributed by atoms with Gasteiger partial charge in [0.05, 0.1) is 13.2 Å². The van der Waals surface area contributed by atoms with Gasteiger partial charge in [-0.3, -0.25) is 4.79 Å². The molecule has 0 spiro atoms. The van der Waals surface area contributed by atoms with Crippen molar-refractivity contribution >= 4 is 23.2 Å². The number of amides is 1. The molecule has 1 aliphatic heterocycles. The van der Waals surface area contributed by atoms with Crippen molar-refractivity contribution < 1.29 is 9.53 Å². The van der Waals surface area contributed by atoms with E-state index in [2.05, 4.69) is 11.7 Å². The zero-order valence-electron chi connectivity index (χ0n) is 11.2. The zero-order chi connectivity index (χ0) is 13.5. The second-order valence-corrected chi connectivity index (χ2v) is 4.40. The van der Waals surface area contributed by atoms with Crippen molar-refractivity contribution in [2.45, 2.75) is 20.3 Å². The number of aryl methyl sites for hydroxylation is 2. The Kier molecular flexibility index (Phi) is 6.16. The molecule has 0 saturated carbocycles. The van der Waals surface area contributed by atoms with Gasteiger partial charge in [-0.15, -0.1) is 11.6 Å². The van der Waals surface area contributed by atoms with E-state index in [9.17, 15) is 4.79 Å². The molecule has 1 heterocycles. The molecule has 4 heteroatoms. The SMILES string of the molecule is C1CO1.CCc1cccc(C)c1N(C)C(=O)CCl. The fraction of sp³-hybridized carbons (Fsp3) is 0.500. The third-order valence-corrected chi connectivity index (χ3v) is 2.96. The third kappa shape index (κ3) is 4.31. The first-order valence-corrected chi connectivity index (χ1v) is 6.64. The van der Waals surface area contributed by atoms with E-state index in [1.807, 2.05) is 25.1 Å². The van der Waals surface area contributed by atoms with Gasteiger partial charge in [0.1, 0.15) is 5.88 Å². The maximum atomic E-state index is 11.5. The molecule has 1 amide bonds. The Labute approximate surface area is 114 Å². The summed E-state index contributed by atoms with van der Waals surface area (Å²) < 4.78 is 4.50. The summed E-state index contributed by atoms with van der Waals surface area (Å²) in [7, 11) is 1.77. The van der Waals surface area contributed by atoms with Crippen molar-refractivity contribution in [3.05, 3.63) is 29.3 Å². The highest BCUT2D eigenvalue weighted by molar-refractivity contribution is 6.29. The summed E-state index contributed by atoms with van der Waals surface area (Å²) in [5.41, 5.74) is 3.27. The first-order valence-electron chi connectivity index (χ1n) is 6.10. The van der Waals surface area contributed by atoms with E-state index in [4.69, 9.17) is 11.6 Å². The maximum Gasteiger partial charge on any atom is 0.241 e. The summed E-state index contributed by atoms with van der Waals surface area (Å²) in [4.78, 5) is 13.2. The largest absolute Gasteiger partial charge is 0.377 e. The van der Waals surface area contributed by atoms with E-state index in [-0.39, 0.29) is 11.8 Å². The highest BCUT2D eigenvalue weighted by Crippen LogP contribution is 2.24. The van der Waals surface area contributed by atoms with Crippen molar-refractivity contribution in [3.63, 3.8) is 0 Å². The molecule has 18 heavy (non-hydrogen) atoms. The molecule has 0 atom stereocenters. The van der Waals surface area contributed by atoms with Gasteiger partial charge in [0.15, 0.2) is 0 Å². The predicted octanol–water partition coefficient (Wildman–Crippen LogP) is 2.78. The van der Waals surface area contributed by atoms with Gasteiger partial charge >= 0.3 is 0 Å². The van der Waals surface area contributed by atoms with Gasteiger partial charge in [0, 0.05) is 12.7 Å². The van der Waals surface area contributed by atoms with Crippen LogP contribution in [0.1, 0.15) is 18.1 Å². The lowest BCUT2D eigenvalue weighted by molar-refractivity contribution is -0.116. The Morgan fingerprint density at radius 1 is 1.44 bits per heavy atom.